The highest BCUT2D eigenvalue weighted by atomic mass is 16.5. The first-order valence-electron chi connectivity index (χ1n) is 8.27. The molecule has 1 aliphatic carbocycles. The summed E-state index contributed by atoms with van der Waals surface area (Å²) in [6, 6.07) is 0.615. The van der Waals surface area contributed by atoms with Crippen LogP contribution in [0, 0.1) is 5.41 Å². The Morgan fingerprint density at radius 3 is 2.91 bits per heavy atom. The second-order valence-electron chi connectivity index (χ2n) is 7.01. The summed E-state index contributed by atoms with van der Waals surface area (Å²) in [7, 11) is 5.41. The Hall–Kier alpha value is -0.690. The summed E-state index contributed by atoms with van der Waals surface area (Å²) in [5.41, 5.74) is -0.325. The van der Waals surface area contributed by atoms with Gasteiger partial charge in [0.25, 0.3) is 0 Å². The zero-order valence-corrected chi connectivity index (χ0v) is 13.8. The molecule has 3 rings (SSSR count). The molecule has 1 N–H and O–H groups in total. The predicted molar refractivity (Wildman–Crippen MR) is 81.7 cm³/mol. The van der Waals surface area contributed by atoms with Crippen LogP contribution < -0.4 is 5.32 Å². The van der Waals surface area contributed by atoms with E-state index in [1.54, 1.807) is 12.0 Å². The number of rotatable bonds is 4. The number of ether oxygens (including phenoxy) is 3. The first-order valence-corrected chi connectivity index (χ1v) is 8.27. The van der Waals surface area contributed by atoms with E-state index in [2.05, 4.69) is 5.32 Å². The molecule has 0 spiro atoms. The van der Waals surface area contributed by atoms with E-state index in [9.17, 15) is 4.79 Å². The van der Waals surface area contributed by atoms with Gasteiger partial charge in [0.2, 0.25) is 5.91 Å². The molecule has 22 heavy (non-hydrogen) atoms. The van der Waals surface area contributed by atoms with Gasteiger partial charge in [0.1, 0.15) is 0 Å². The SMILES string of the molecule is COC1COCCC1NC1CC2OCCC2(C(=O)N(C)C)C1. The van der Waals surface area contributed by atoms with Crippen molar-refractivity contribution in [1.29, 1.82) is 0 Å². The van der Waals surface area contributed by atoms with Gasteiger partial charge in [-0.3, -0.25) is 4.79 Å². The number of carbonyl (C=O) groups is 1. The van der Waals surface area contributed by atoms with E-state index in [0.717, 1.165) is 32.3 Å². The molecule has 1 amide bonds. The van der Waals surface area contributed by atoms with E-state index >= 15 is 0 Å². The molecule has 1 saturated carbocycles. The van der Waals surface area contributed by atoms with Gasteiger partial charge < -0.3 is 24.4 Å². The van der Waals surface area contributed by atoms with E-state index in [1.165, 1.54) is 0 Å². The average Bonchev–Trinajstić information content (AvgIpc) is 3.04. The molecular weight excluding hydrogens is 284 g/mol. The third-order valence-corrected chi connectivity index (χ3v) is 5.48. The highest BCUT2D eigenvalue weighted by molar-refractivity contribution is 5.84. The van der Waals surface area contributed by atoms with Crippen molar-refractivity contribution < 1.29 is 19.0 Å². The molecule has 3 fully saturated rings. The van der Waals surface area contributed by atoms with Crippen molar-refractivity contribution in [3.05, 3.63) is 0 Å². The molecule has 2 saturated heterocycles. The van der Waals surface area contributed by atoms with Crippen LogP contribution >= 0.6 is 0 Å². The number of amides is 1. The fourth-order valence-corrected chi connectivity index (χ4v) is 4.35. The quantitative estimate of drug-likeness (QED) is 0.814. The van der Waals surface area contributed by atoms with Crippen molar-refractivity contribution >= 4 is 5.91 Å². The minimum Gasteiger partial charge on any atom is -0.379 e. The molecule has 3 aliphatic rings. The minimum atomic E-state index is -0.325. The molecule has 0 bridgehead atoms. The lowest BCUT2D eigenvalue weighted by atomic mass is 9.81. The normalized spacial score (nSPS) is 41.4. The monoisotopic (exact) mass is 312 g/mol. The zero-order chi connectivity index (χ0) is 15.7. The van der Waals surface area contributed by atoms with Gasteiger partial charge in [-0.05, 0) is 25.7 Å². The van der Waals surface area contributed by atoms with E-state index in [0.29, 0.717) is 25.3 Å². The van der Waals surface area contributed by atoms with Crippen LogP contribution in [0.4, 0.5) is 0 Å². The van der Waals surface area contributed by atoms with E-state index in [-0.39, 0.29) is 23.5 Å². The van der Waals surface area contributed by atoms with Gasteiger partial charge in [0.05, 0.1) is 24.2 Å². The lowest BCUT2D eigenvalue weighted by Crippen LogP contribution is -2.51. The lowest BCUT2D eigenvalue weighted by Gasteiger charge is -2.34. The van der Waals surface area contributed by atoms with Gasteiger partial charge in [0.15, 0.2) is 0 Å². The van der Waals surface area contributed by atoms with Gasteiger partial charge in [-0.25, -0.2) is 0 Å². The van der Waals surface area contributed by atoms with Crippen molar-refractivity contribution in [1.82, 2.24) is 10.2 Å². The summed E-state index contributed by atoms with van der Waals surface area (Å²) in [5.74, 6) is 0.217. The fraction of sp³-hybridized carbons (Fsp3) is 0.938. The Bertz CT molecular complexity index is 417. The van der Waals surface area contributed by atoms with Crippen LogP contribution in [0.3, 0.4) is 0 Å². The second-order valence-corrected chi connectivity index (χ2v) is 7.01. The largest absolute Gasteiger partial charge is 0.379 e. The predicted octanol–water partition coefficient (Wildman–Crippen LogP) is 0.406. The Labute approximate surface area is 132 Å². The highest BCUT2D eigenvalue weighted by Crippen LogP contribution is 2.48. The standard InChI is InChI=1S/C16H28N2O4/c1-18(2)15(19)16-5-7-22-14(16)8-11(9-16)17-12-4-6-21-10-13(12)20-3/h11-14,17H,4-10H2,1-3H3. The lowest BCUT2D eigenvalue weighted by molar-refractivity contribution is -0.141. The van der Waals surface area contributed by atoms with Crippen LogP contribution in [0.2, 0.25) is 0 Å². The molecule has 0 aromatic rings. The van der Waals surface area contributed by atoms with Crippen LogP contribution in [-0.4, -0.2) is 76.1 Å². The van der Waals surface area contributed by atoms with Gasteiger partial charge in [-0.15, -0.1) is 0 Å². The van der Waals surface area contributed by atoms with Crippen LogP contribution in [0.25, 0.3) is 0 Å². The van der Waals surface area contributed by atoms with Gasteiger partial charge >= 0.3 is 0 Å². The number of hydrogen-bond acceptors (Lipinski definition) is 5. The fourth-order valence-electron chi connectivity index (χ4n) is 4.35. The van der Waals surface area contributed by atoms with Crippen molar-refractivity contribution in [2.24, 2.45) is 5.41 Å². The van der Waals surface area contributed by atoms with Crippen molar-refractivity contribution in [3.63, 3.8) is 0 Å². The number of methoxy groups -OCH3 is 1. The molecule has 6 heteroatoms. The summed E-state index contributed by atoms with van der Waals surface area (Å²) in [6.07, 6.45) is 3.72. The number of carbonyl (C=O) groups excluding carboxylic acids is 1. The van der Waals surface area contributed by atoms with Crippen LogP contribution in [0.1, 0.15) is 25.7 Å². The maximum absolute atomic E-state index is 12.7. The topological polar surface area (TPSA) is 60.0 Å². The van der Waals surface area contributed by atoms with E-state index < -0.39 is 0 Å². The van der Waals surface area contributed by atoms with E-state index in [4.69, 9.17) is 14.2 Å². The number of fused-ring (bicyclic) bond motifs is 1. The summed E-state index contributed by atoms with van der Waals surface area (Å²) in [5, 5.41) is 3.71. The zero-order valence-electron chi connectivity index (χ0n) is 13.8. The van der Waals surface area contributed by atoms with Gasteiger partial charge in [-0.2, -0.15) is 0 Å². The van der Waals surface area contributed by atoms with Gasteiger partial charge in [-0.1, -0.05) is 0 Å². The van der Waals surface area contributed by atoms with Gasteiger partial charge in [0, 0.05) is 46.5 Å². The Kier molecular flexibility index (Phi) is 4.73. The summed E-state index contributed by atoms with van der Waals surface area (Å²) in [4.78, 5) is 14.4. The molecule has 6 nitrogen and oxygen atoms in total. The first kappa shape index (κ1) is 16.2. The third-order valence-electron chi connectivity index (χ3n) is 5.48. The Balaban J connectivity index is 1.67. The molecule has 0 radical (unpaired) electrons. The summed E-state index contributed by atoms with van der Waals surface area (Å²) < 4.78 is 16.9. The molecule has 2 heterocycles. The number of nitrogens with zero attached hydrogens (tertiary/aromatic N) is 1. The molecule has 2 aliphatic heterocycles. The van der Waals surface area contributed by atoms with Crippen molar-refractivity contribution in [3.8, 4) is 0 Å². The Morgan fingerprint density at radius 1 is 1.36 bits per heavy atom. The Morgan fingerprint density at radius 2 is 2.18 bits per heavy atom. The van der Waals surface area contributed by atoms with Crippen LogP contribution in [0.15, 0.2) is 0 Å². The molecular formula is C16H28N2O4. The molecule has 0 aromatic heterocycles. The highest BCUT2D eigenvalue weighted by Gasteiger charge is 2.57. The van der Waals surface area contributed by atoms with Crippen molar-refractivity contribution in [2.45, 2.75) is 50.0 Å². The summed E-state index contributed by atoms with van der Waals surface area (Å²) in [6.45, 7) is 2.11. The van der Waals surface area contributed by atoms with E-state index in [1.807, 2.05) is 14.1 Å². The van der Waals surface area contributed by atoms with Crippen LogP contribution in [0.5, 0.6) is 0 Å². The average molecular weight is 312 g/mol. The number of nitrogens with one attached hydrogen (secondary N) is 1. The molecule has 0 aromatic carbocycles. The second kappa shape index (κ2) is 6.43. The summed E-state index contributed by atoms with van der Waals surface area (Å²) >= 11 is 0. The van der Waals surface area contributed by atoms with Crippen LogP contribution in [-0.2, 0) is 19.0 Å². The minimum absolute atomic E-state index is 0.0562. The smallest absolute Gasteiger partial charge is 0.231 e. The third kappa shape index (κ3) is 2.77. The number of hydrogen-bond donors (Lipinski definition) is 1. The maximum Gasteiger partial charge on any atom is 0.231 e. The first-order chi connectivity index (χ1) is 10.6. The maximum atomic E-state index is 12.7. The molecule has 5 unspecified atom stereocenters. The van der Waals surface area contributed by atoms with Crippen molar-refractivity contribution in [2.75, 3.05) is 41.0 Å². The molecule has 5 atom stereocenters. The molecule has 126 valence electrons.